The molecule has 138 valence electrons. The van der Waals surface area contributed by atoms with E-state index in [0.29, 0.717) is 49.8 Å². The number of aromatic amines is 1. The zero-order chi connectivity index (χ0) is 18.5. The lowest BCUT2D eigenvalue weighted by Crippen LogP contribution is -2.49. The Morgan fingerprint density at radius 3 is 2.69 bits per heavy atom. The number of benzene rings is 1. The summed E-state index contributed by atoms with van der Waals surface area (Å²) in [5.41, 5.74) is -0.168. The van der Waals surface area contributed by atoms with Crippen LogP contribution in [0, 0.1) is 0 Å². The lowest BCUT2D eigenvalue weighted by molar-refractivity contribution is -0.138. The van der Waals surface area contributed by atoms with E-state index in [1.165, 1.54) is 4.57 Å². The van der Waals surface area contributed by atoms with E-state index in [-0.39, 0.29) is 23.9 Å². The van der Waals surface area contributed by atoms with Gasteiger partial charge in [0, 0.05) is 26.1 Å². The number of amides is 2. The van der Waals surface area contributed by atoms with Crippen molar-refractivity contribution in [2.45, 2.75) is 32.2 Å². The van der Waals surface area contributed by atoms with Crippen LogP contribution in [0.25, 0.3) is 10.9 Å². The maximum absolute atomic E-state index is 12.4. The number of aromatic nitrogens is 2. The van der Waals surface area contributed by atoms with Crippen molar-refractivity contribution >= 4 is 22.7 Å². The number of para-hydroxylation sites is 1. The summed E-state index contributed by atoms with van der Waals surface area (Å²) in [6, 6.07) is 6.93. The van der Waals surface area contributed by atoms with Crippen molar-refractivity contribution in [3.8, 4) is 0 Å². The minimum absolute atomic E-state index is 0.0273. The van der Waals surface area contributed by atoms with Crippen molar-refractivity contribution in [1.82, 2.24) is 19.8 Å². The number of nitrogens with one attached hydrogen (secondary N) is 2. The number of carbonyl (C=O) groups is 2. The molecule has 1 aliphatic heterocycles. The molecule has 2 aromatic rings. The monoisotopic (exact) mass is 358 g/mol. The van der Waals surface area contributed by atoms with Gasteiger partial charge >= 0.3 is 5.69 Å². The molecule has 1 saturated heterocycles. The van der Waals surface area contributed by atoms with Gasteiger partial charge in [0.2, 0.25) is 11.8 Å². The first-order valence-corrected chi connectivity index (χ1v) is 8.82. The molecule has 0 unspecified atom stereocenters. The van der Waals surface area contributed by atoms with E-state index in [1.54, 1.807) is 29.2 Å². The topological polar surface area (TPSA) is 104 Å². The van der Waals surface area contributed by atoms with E-state index in [2.05, 4.69) is 10.3 Å². The number of piperazine rings is 1. The molecule has 2 heterocycles. The third-order valence-corrected chi connectivity index (χ3v) is 4.55. The van der Waals surface area contributed by atoms with E-state index < -0.39 is 5.69 Å². The van der Waals surface area contributed by atoms with Crippen molar-refractivity contribution in [2.24, 2.45) is 0 Å². The molecular weight excluding hydrogens is 336 g/mol. The van der Waals surface area contributed by atoms with Gasteiger partial charge in [-0.05, 0) is 25.0 Å². The molecule has 0 radical (unpaired) electrons. The zero-order valence-electron chi connectivity index (χ0n) is 14.5. The molecule has 0 bridgehead atoms. The van der Waals surface area contributed by atoms with Crippen LogP contribution in [0.1, 0.15) is 25.7 Å². The van der Waals surface area contributed by atoms with Crippen LogP contribution >= 0.6 is 0 Å². The summed E-state index contributed by atoms with van der Waals surface area (Å²) in [5.74, 6) is -0.153. The quantitative estimate of drug-likeness (QED) is 0.720. The lowest BCUT2D eigenvalue weighted by Gasteiger charge is -2.26. The number of nitrogens with zero attached hydrogens (tertiary/aromatic N) is 2. The number of hydrogen-bond donors (Lipinski definition) is 2. The van der Waals surface area contributed by atoms with E-state index in [4.69, 9.17) is 0 Å². The number of H-pyrrole nitrogens is 1. The van der Waals surface area contributed by atoms with Crippen molar-refractivity contribution < 1.29 is 9.59 Å². The van der Waals surface area contributed by atoms with Crippen LogP contribution in [0.5, 0.6) is 0 Å². The van der Waals surface area contributed by atoms with Crippen molar-refractivity contribution in [1.29, 1.82) is 0 Å². The van der Waals surface area contributed by atoms with E-state index in [0.717, 1.165) is 6.42 Å². The predicted octanol–water partition coefficient (Wildman–Crippen LogP) is 0.209. The van der Waals surface area contributed by atoms with Gasteiger partial charge in [0.1, 0.15) is 0 Å². The summed E-state index contributed by atoms with van der Waals surface area (Å²) in [4.78, 5) is 52.1. The predicted molar refractivity (Wildman–Crippen MR) is 96.9 cm³/mol. The van der Waals surface area contributed by atoms with Gasteiger partial charge in [-0.15, -0.1) is 0 Å². The van der Waals surface area contributed by atoms with Gasteiger partial charge in [-0.1, -0.05) is 18.6 Å². The Bertz CT molecular complexity index is 931. The molecule has 2 N–H and O–H groups in total. The van der Waals surface area contributed by atoms with Crippen LogP contribution < -0.4 is 16.6 Å². The number of hydrogen-bond acceptors (Lipinski definition) is 4. The highest BCUT2D eigenvalue weighted by atomic mass is 16.2. The van der Waals surface area contributed by atoms with Crippen molar-refractivity contribution in [3.63, 3.8) is 0 Å². The molecule has 1 aliphatic rings. The average Bonchev–Trinajstić information content (AvgIpc) is 2.63. The third-order valence-electron chi connectivity index (χ3n) is 4.55. The Morgan fingerprint density at radius 2 is 1.88 bits per heavy atom. The molecular formula is C18H22N4O4. The molecule has 3 rings (SSSR count). The number of fused-ring (bicyclic) bond motifs is 1. The second-order valence-electron chi connectivity index (χ2n) is 6.41. The Kier molecular flexibility index (Phi) is 5.50. The normalized spacial score (nSPS) is 14.5. The Labute approximate surface area is 149 Å². The molecule has 0 aliphatic carbocycles. The van der Waals surface area contributed by atoms with Gasteiger partial charge in [0.15, 0.2) is 0 Å². The number of unbranched alkanes of at least 4 members (excludes halogenated alkanes) is 2. The summed E-state index contributed by atoms with van der Waals surface area (Å²) in [5, 5.41) is 3.18. The molecule has 1 fully saturated rings. The molecule has 8 heteroatoms. The first kappa shape index (κ1) is 17.9. The van der Waals surface area contributed by atoms with Crippen LogP contribution in [0.4, 0.5) is 0 Å². The lowest BCUT2D eigenvalue weighted by atomic mass is 10.1. The molecule has 8 nitrogen and oxygen atoms in total. The standard InChI is InChI=1S/C18H22N4O4/c23-15-12-21(11-9-19-15)16(24)8-2-1-5-10-22-17(25)13-6-3-4-7-14(13)20-18(22)26/h3-4,6-7H,1-2,5,8-12H2,(H,19,23)(H,20,26). The van der Waals surface area contributed by atoms with Crippen LogP contribution in [-0.2, 0) is 16.1 Å². The zero-order valence-corrected chi connectivity index (χ0v) is 14.5. The van der Waals surface area contributed by atoms with E-state index in [9.17, 15) is 19.2 Å². The highest BCUT2D eigenvalue weighted by molar-refractivity contribution is 5.85. The second kappa shape index (κ2) is 7.99. The molecule has 1 aromatic carbocycles. The highest BCUT2D eigenvalue weighted by Crippen LogP contribution is 2.07. The highest BCUT2D eigenvalue weighted by Gasteiger charge is 2.20. The Balaban J connectivity index is 1.50. The smallest absolute Gasteiger partial charge is 0.328 e. The molecule has 0 saturated carbocycles. The van der Waals surface area contributed by atoms with Gasteiger partial charge < -0.3 is 15.2 Å². The van der Waals surface area contributed by atoms with Gasteiger partial charge in [0.25, 0.3) is 5.56 Å². The summed E-state index contributed by atoms with van der Waals surface area (Å²) in [6.45, 7) is 1.49. The van der Waals surface area contributed by atoms with Crippen LogP contribution in [0.3, 0.4) is 0 Å². The first-order valence-electron chi connectivity index (χ1n) is 8.82. The van der Waals surface area contributed by atoms with Crippen molar-refractivity contribution in [2.75, 3.05) is 19.6 Å². The largest absolute Gasteiger partial charge is 0.353 e. The SMILES string of the molecule is O=C1CN(C(=O)CCCCCn2c(=O)[nH]c3ccccc3c2=O)CCN1. The maximum atomic E-state index is 12.4. The Morgan fingerprint density at radius 1 is 1.08 bits per heavy atom. The van der Waals surface area contributed by atoms with Crippen LogP contribution in [0.15, 0.2) is 33.9 Å². The van der Waals surface area contributed by atoms with Gasteiger partial charge in [-0.25, -0.2) is 4.79 Å². The first-order chi connectivity index (χ1) is 12.6. The fourth-order valence-corrected chi connectivity index (χ4v) is 3.13. The number of rotatable bonds is 6. The van der Waals surface area contributed by atoms with Crippen LogP contribution in [-0.4, -0.2) is 45.9 Å². The minimum atomic E-state index is -0.413. The summed E-state index contributed by atoms with van der Waals surface area (Å²) in [6.07, 6.45) is 2.40. The van der Waals surface area contributed by atoms with Gasteiger partial charge in [0.05, 0.1) is 17.4 Å². The summed E-state index contributed by atoms with van der Waals surface area (Å²) in [7, 11) is 0. The van der Waals surface area contributed by atoms with Gasteiger partial charge in [-0.3, -0.25) is 19.0 Å². The maximum Gasteiger partial charge on any atom is 0.328 e. The van der Waals surface area contributed by atoms with Crippen LogP contribution in [0.2, 0.25) is 0 Å². The fraction of sp³-hybridized carbons (Fsp3) is 0.444. The molecule has 0 atom stereocenters. The Hall–Kier alpha value is -2.90. The summed E-state index contributed by atoms with van der Waals surface area (Å²) < 4.78 is 1.21. The molecule has 1 aromatic heterocycles. The van der Waals surface area contributed by atoms with Crippen molar-refractivity contribution in [3.05, 3.63) is 45.1 Å². The average molecular weight is 358 g/mol. The fourth-order valence-electron chi connectivity index (χ4n) is 3.13. The molecule has 0 spiro atoms. The second-order valence-corrected chi connectivity index (χ2v) is 6.41. The van der Waals surface area contributed by atoms with E-state index in [1.807, 2.05) is 0 Å². The van der Waals surface area contributed by atoms with E-state index >= 15 is 0 Å². The minimum Gasteiger partial charge on any atom is -0.353 e. The van der Waals surface area contributed by atoms with Gasteiger partial charge in [-0.2, -0.15) is 0 Å². The molecule has 26 heavy (non-hydrogen) atoms. The molecule has 2 amide bonds. The third kappa shape index (κ3) is 4.01. The summed E-state index contributed by atoms with van der Waals surface area (Å²) >= 11 is 0. The number of carbonyl (C=O) groups excluding carboxylic acids is 2.